The molecule has 0 spiro atoms. The Morgan fingerprint density at radius 2 is 1.96 bits per heavy atom. The molecule has 0 aliphatic carbocycles. The molecule has 0 bridgehead atoms. The van der Waals surface area contributed by atoms with Crippen molar-refractivity contribution in [2.45, 2.75) is 6.92 Å². The topological polar surface area (TPSA) is 51.5 Å². The standard InChI is InChI=1S/C19H16N2O2/c1-2-23-19(22)15-7-9-17(10-8-15)20-12-14-11-16-5-3-4-6-18(16)21-13-14/h3-13H,2H2,1H3. The van der Waals surface area contributed by atoms with Crippen molar-refractivity contribution in [3.05, 3.63) is 71.9 Å². The highest BCUT2D eigenvalue weighted by Crippen LogP contribution is 2.15. The van der Waals surface area contributed by atoms with Crippen LogP contribution in [0.1, 0.15) is 22.8 Å². The van der Waals surface area contributed by atoms with Crippen molar-refractivity contribution < 1.29 is 9.53 Å². The summed E-state index contributed by atoms with van der Waals surface area (Å²) in [5, 5.41) is 1.08. The Morgan fingerprint density at radius 1 is 1.17 bits per heavy atom. The predicted molar refractivity (Wildman–Crippen MR) is 91.4 cm³/mol. The number of para-hydroxylation sites is 1. The summed E-state index contributed by atoms with van der Waals surface area (Å²) in [5.41, 5.74) is 3.19. The molecule has 0 saturated carbocycles. The first-order valence-corrected chi connectivity index (χ1v) is 7.42. The van der Waals surface area contributed by atoms with Crippen LogP contribution in [0, 0.1) is 0 Å². The van der Waals surface area contributed by atoms with Crippen molar-refractivity contribution >= 4 is 28.8 Å². The molecule has 3 rings (SSSR count). The van der Waals surface area contributed by atoms with E-state index in [1.54, 1.807) is 43.6 Å². The summed E-state index contributed by atoms with van der Waals surface area (Å²) in [6.45, 7) is 2.15. The van der Waals surface area contributed by atoms with Crippen molar-refractivity contribution in [3.63, 3.8) is 0 Å². The first kappa shape index (κ1) is 14.9. The fraction of sp³-hybridized carbons (Fsp3) is 0.105. The van der Waals surface area contributed by atoms with Crippen LogP contribution in [0.4, 0.5) is 5.69 Å². The van der Waals surface area contributed by atoms with Crippen LogP contribution >= 0.6 is 0 Å². The van der Waals surface area contributed by atoms with Gasteiger partial charge >= 0.3 is 5.97 Å². The molecule has 114 valence electrons. The lowest BCUT2D eigenvalue weighted by Gasteiger charge is -2.01. The number of aromatic nitrogens is 1. The second-order valence-electron chi connectivity index (χ2n) is 4.99. The van der Waals surface area contributed by atoms with E-state index >= 15 is 0 Å². The van der Waals surface area contributed by atoms with E-state index < -0.39 is 0 Å². The smallest absolute Gasteiger partial charge is 0.338 e. The number of carbonyl (C=O) groups excluding carboxylic acids is 1. The maximum absolute atomic E-state index is 11.6. The van der Waals surface area contributed by atoms with Crippen molar-refractivity contribution in [1.82, 2.24) is 4.98 Å². The van der Waals surface area contributed by atoms with Gasteiger partial charge in [0.15, 0.2) is 0 Å². The molecule has 1 heterocycles. The zero-order chi connectivity index (χ0) is 16.1. The number of hydrogen-bond acceptors (Lipinski definition) is 4. The molecule has 0 N–H and O–H groups in total. The second-order valence-corrected chi connectivity index (χ2v) is 4.99. The van der Waals surface area contributed by atoms with E-state index in [-0.39, 0.29) is 5.97 Å². The van der Waals surface area contributed by atoms with E-state index in [1.807, 2.05) is 30.3 Å². The van der Waals surface area contributed by atoms with Gasteiger partial charge in [-0.2, -0.15) is 0 Å². The Balaban J connectivity index is 1.77. The van der Waals surface area contributed by atoms with Crippen LogP contribution in [0.2, 0.25) is 0 Å². The summed E-state index contributed by atoms with van der Waals surface area (Å²) in [5.74, 6) is -0.318. The Labute approximate surface area is 134 Å². The normalized spacial score (nSPS) is 11.0. The van der Waals surface area contributed by atoms with Gasteiger partial charge in [-0.25, -0.2) is 4.79 Å². The molecule has 0 fully saturated rings. The zero-order valence-corrected chi connectivity index (χ0v) is 12.8. The van der Waals surface area contributed by atoms with Crippen LogP contribution in [0.25, 0.3) is 10.9 Å². The number of benzene rings is 2. The van der Waals surface area contributed by atoms with Crippen LogP contribution in [-0.2, 0) is 4.74 Å². The maximum atomic E-state index is 11.6. The number of aliphatic imine (C=N–C) groups is 1. The molecule has 2 aromatic carbocycles. The quantitative estimate of drug-likeness (QED) is 0.537. The first-order chi connectivity index (χ1) is 11.3. The molecule has 1 aromatic heterocycles. The van der Waals surface area contributed by atoms with Gasteiger partial charge in [0.25, 0.3) is 0 Å². The van der Waals surface area contributed by atoms with Crippen molar-refractivity contribution in [3.8, 4) is 0 Å². The van der Waals surface area contributed by atoms with Gasteiger partial charge in [0.1, 0.15) is 0 Å². The fourth-order valence-corrected chi connectivity index (χ4v) is 2.21. The highest BCUT2D eigenvalue weighted by atomic mass is 16.5. The van der Waals surface area contributed by atoms with Crippen molar-refractivity contribution in [2.24, 2.45) is 4.99 Å². The number of rotatable bonds is 4. The van der Waals surface area contributed by atoms with Crippen LogP contribution in [0.15, 0.2) is 65.8 Å². The predicted octanol–water partition coefficient (Wildman–Crippen LogP) is 4.16. The van der Waals surface area contributed by atoms with Gasteiger partial charge in [-0.3, -0.25) is 9.98 Å². The highest BCUT2D eigenvalue weighted by molar-refractivity contribution is 5.90. The summed E-state index contributed by atoms with van der Waals surface area (Å²) in [6, 6.07) is 17.0. The van der Waals surface area contributed by atoms with Gasteiger partial charge in [-0.1, -0.05) is 18.2 Å². The number of nitrogens with zero attached hydrogens (tertiary/aromatic N) is 2. The molecule has 0 radical (unpaired) electrons. The lowest BCUT2D eigenvalue weighted by molar-refractivity contribution is 0.0526. The largest absolute Gasteiger partial charge is 0.462 e. The van der Waals surface area contributed by atoms with Crippen molar-refractivity contribution in [2.75, 3.05) is 6.61 Å². The van der Waals surface area contributed by atoms with E-state index in [4.69, 9.17) is 4.74 Å². The van der Waals surface area contributed by atoms with E-state index in [2.05, 4.69) is 9.98 Å². The molecule has 4 heteroatoms. The van der Waals surface area contributed by atoms with Gasteiger partial charge in [-0.15, -0.1) is 0 Å². The van der Waals surface area contributed by atoms with Crippen LogP contribution in [-0.4, -0.2) is 23.8 Å². The number of fused-ring (bicyclic) bond motifs is 1. The number of carbonyl (C=O) groups is 1. The van der Waals surface area contributed by atoms with E-state index in [0.29, 0.717) is 12.2 Å². The Kier molecular flexibility index (Phi) is 4.43. The molecule has 0 saturated heterocycles. The fourth-order valence-electron chi connectivity index (χ4n) is 2.21. The molecule has 23 heavy (non-hydrogen) atoms. The number of ether oxygens (including phenoxy) is 1. The van der Waals surface area contributed by atoms with Gasteiger partial charge in [-0.05, 0) is 43.3 Å². The first-order valence-electron chi connectivity index (χ1n) is 7.42. The SMILES string of the molecule is CCOC(=O)c1ccc(N=Cc2cnc3ccccc3c2)cc1. The molecule has 0 unspecified atom stereocenters. The van der Waals surface area contributed by atoms with Crippen LogP contribution < -0.4 is 0 Å². The number of pyridine rings is 1. The van der Waals surface area contributed by atoms with Crippen LogP contribution in [0.3, 0.4) is 0 Å². The Morgan fingerprint density at radius 3 is 2.74 bits per heavy atom. The van der Waals surface area contributed by atoms with Crippen LogP contribution in [0.5, 0.6) is 0 Å². The summed E-state index contributed by atoms with van der Waals surface area (Å²) in [7, 11) is 0. The van der Waals surface area contributed by atoms with Gasteiger partial charge < -0.3 is 4.74 Å². The summed E-state index contributed by atoms with van der Waals surface area (Å²) in [6.07, 6.45) is 3.55. The van der Waals surface area contributed by atoms with Gasteiger partial charge in [0.05, 0.1) is 23.4 Å². The van der Waals surface area contributed by atoms with E-state index in [9.17, 15) is 4.79 Å². The minimum atomic E-state index is -0.318. The lowest BCUT2D eigenvalue weighted by Crippen LogP contribution is -2.03. The zero-order valence-electron chi connectivity index (χ0n) is 12.8. The Bertz CT molecular complexity index is 855. The lowest BCUT2D eigenvalue weighted by atomic mass is 10.2. The molecular formula is C19H16N2O2. The minimum absolute atomic E-state index is 0.318. The molecule has 3 aromatic rings. The third-order valence-electron chi connectivity index (χ3n) is 3.35. The highest BCUT2D eigenvalue weighted by Gasteiger charge is 2.04. The Hall–Kier alpha value is -3.01. The number of hydrogen-bond donors (Lipinski definition) is 0. The molecule has 0 aliphatic heterocycles. The summed E-state index contributed by atoms with van der Waals surface area (Å²) in [4.78, 5) is 20.4. The molecule has 0 atom stereocenters. The van der Waals surface area contributed by atoms with E-state index in [1.165, 1.54) is 0 Å². The molecular weight excluding hydrogens is 288 g/mol. The molecule has 0 aliphatic rings. The second kappa shape index (κ2) is 6.83. The molecule has 4 nitrogen and oxygen atoms in total. The minimum Gasteiger partial charge on any atom is -0.462 e. The number of esters is 1. The summed E-state index contributed by atoms with van der Waals surface area (Å²) >= 11 is 0. The van der Waals surface area contributed by atoms with Gasteiger partial charge in [0, 0.05) is 23.4 Å². The van der Waals surface area contributed by atoms with Crippen molar-refractivity contribution in [1.29, 1.82) is 0 Å². The molecule has 0 amide bonds. The third kappa shape index (κ3) is 3.61. The average Bonchev–Trinajstić information content (AvgIpc) is 2.60. The summed E-state index contributed by atoms with van der Waals surface area (Å²) < 4.78 is 4.95. The van der Waals surface area contributed by atoms with Gasteiger partial charge in [0.2, 0.25) is 0 Å². The third-order valence-corrected chi connectivity index (χ3v) is 3.35. The maximum Gasteiger partial charge on any atom is 0.338 e. The average molecular weight is 304 g/mol. The van der Waals surface area contributed by atoms with E-state index in [0.717, 1.165) is 22.2 Å². The monoisotopic (exact) mass is 304 g/mol.